The number of aromatic nitrogens is 1. The van der Waals surface area contributed by atoms with Gasteiger partial charge in [-0.25, -0.2) is 0 Å². The molecule has 1 fully saturated rings. The maximum Gasteiger partial charge on any atom is 0.0750 e. The number of benzene rings is 1. The lowest BCUT2D eigenvalue weighted by Gasteiger charge is -2.31. The van der Waals surface area contributed by atoms with Crippen LogP contribution in [0.15, 0.2) is 36.5 Å². The first kappa shape index (κ1) is 13.5. The maximum absolute atomic E-state index is 6.11. The highest BCUT2D eigenvalue weighted by atomic mass is 15.2. The normalized spacial score (nSPS) is 25.1. The minimum atomic E-state index is 0.272. The van der Waals surface area contributed by atoms with Gasteiger partial charge in [-0.3, -0.25) is 9.88 Å². The summed E-state index contributed by atoms with van der Waals surface area (Å²) in [5.41, 5.74) is 8.48. The van der Waals surface area contributed by atoms with Gasteiger partial charge in [0.25, 0.3) is 0 Å². The van der Waals surface area contributed by atoms with Crippen molar-refractivity contribution in [1.29, 1.82) is 0 Å². The van der Waals surface area contributed by atoms with Crippen LogP contribution in [-0.4, -0.2) is 29.0 Å². The van der Waals surface area contributed by atoms with Crippen molar-refractivity contribution >= 4 is 10.9 Å². The number of nitrogens with two attached hydrogens (primary N) is 1. The first-order valence-electron chi connectivity index (χ1n) is 7.50. The molecule has 20 heavy (non-hydrogen) atoms. The fraction of sp³-hybridized carbons (Fsp3) is 0.471. The molecule has 3 atom stereocenters. The van der Waals surface area contributed by atoms with Gasteiger partial charge in [0.1, 0.15) is 0 Å². The van der Waals surface area contributed by atoms with Gasteiger partial charge < -0.3 is 5.73 Å². The number of nitrogens with zero attached hydrogens (tertiary/aromatic N) is 2. The second-order valence-corrected chi connectivity index (χ2v) is 6.06. The Morgan fingerprint density at radius 3 is 2.80 bits per heavy atom. The fourth-order valence-electron chi connectivity index (χ4n) is 3.60. The number of hydrogen-bond donors (Lipinski definition) is 1. The number of likely N-dealkylation sites (tertiary alicyclic amines) is 1. The van der Waals surface area contributed by atoms with Gasteiger partial charge in [0.15, 0.2) is 0 Å². The Labute approximate surface area is 120 Å². The summed E-state index contributed by atoms with van der Waals surface area (Å²) in [6, 6.07) is 11.4. The molecule has 0 bridgehead atoms. The molecule has 1 saturated heterocycles. The Balaban J connectivity index is 2.03. The molecule has 1 aliphatic rings. The summed E-state index contributed by atoms with van der Waals surface area (Å²) in [6.07, 6.45) is 3.13. The summed E-state index contributed by atoms with van der Waals surface area (Å²) in [5.74, 6) is 0.752. The molecule has 0 amide bonds. The van der Waals surface area contributed by atoms with E-state index < -0.39 is 0 Å². The second kappa shape index (κ2) is 5.51. The van der Waals surface area contributed by atoms with Crippen LogP contribution in [0.1, 0.15) is 31.9 Å². The first-order valence-corrected chi connectivity index (χ1v) is 7.50. The van der Waals surface area contributed by atoms with Crippen molar-refractivity contribution in [3.05, 3.63) is 42.1 Å². The molecule has 3 unspecified atom stereocenters. The minimum absolute atomic E-state index is 0.272. The Morgan fingerprint density at radius 1 is 1.30 bits per heavy atom. The summed E-state index contributed by atoms with van der Waals surface area (Å²) >= 11 is 0. The average Bonchev–Trinajstić information content (AvgIpc) is 2.79. The van der Waals surface area contributed by atoms with Crippen molar-refractivity contribution in [1.82, 2.24) is 9.88 Å². The highest BCUT2D eigenvalue weighted by Crippen LogP contribution is 2.33. The summed E-state index contributed by atoms with van der Waals surface area (Å²) < 4.78 is 0. The Morgan fingerprint density at radius 2 is 2.10 bits per heavy atom. The molecule has 1 aromatic carbocycles. The van der Waals surface area contributed by atoms with Crippen LogP contribution in [-0.2, 0) is 0 Å². The fourth-order valence-corrected chi connectivity index (χ4v) is 3.60. The van der Waals surface area contributed by atoms with Gasteiger partial charge in [0, 0.05) is 36.8 Å². The van der Waals surface area contributed by atoms with Crippen LogP contribution in [0.5, 0.6) is 0 Å². The number of para-hydroxylation sites is 1. The molecule has 0 radical (unpaired) electrons. The molecule has 106 valence electrons. The molecular weight excluding hydrogens is 246 g/mol. The zero-order chi connectivity index (χ0) is 14.1. The standard InChI is InChI=1S/C17H23N3/c1-12-9-13(2)20(11-12)16(10-18)15-7-3-5-14-6-4-8-19-17(14)15/h3-8,12-13,16H,9-11,18H2,1-2H3. The van der Waals surface area contributed by atoms with Crippen LogP contribution in [0.3, 0.4) is 0 Å². The van der Waals surface area contributed by atoms with E-state index in [4.69, 9.17) is 5.73 Å². The zero-order valence-corrected chi connectivity index (χ0v) is 12.3. The van der Waals surface area contributed by atoms with E-state index in [2.05, 4.69) is 48.0 Å². The summed E-state index contributed by atoms with van der Waals surface area (Å²) in [6.45, 7) is 6.41. The Kier molecular flexibility index (Phi) is 3.72. The lowest BCUT2D eigenvalue weighted by Crippen LogP contribution is -2.36. The van der Waals surface area contributed by atoms with E-state index in [1.54, 1.807) is 0 Å². The van der Waals surface area contributed by atoms with Crippen LogP contribution >= 0.6 is 0 Å². The third-order valence-electron chi connectivity index (χ3n) is 4.48. The molecule has 2 aromatic rings. The highest BCUT2D eigenvalue weighted by Gasteiger charge is 2.32. The van der Waals surface area contributed by atoms with Crippen LogP contribution in [0.25, 0.3) is 10.9 Å². The summed E-state index contributed by atoms with van der Waals surface area (Å²) in [7, 11) is 0. The number of hydrogen-bond acceptors (Lipinski definition) is 3. The van der Waals surface area contributed by atoms with Gasteiger partial charge in [-0.2, -0.15) is 0 Å². The van der Waals surface area contributed by atoms with E-state index in [0.717, 1.165) is 18.0 Å². The molecule has 2 heterocycles. The molecule has 3 rings (SSSR count). The molecule has 3 nitrogen and oxygen atoms in total. The van der Waals surface area contributed by atoms with E-state index in [1.165, 1.54) is 17.4 Å². The Hall–Kier alpha value is -1.45. The predicted octanol–water partition coefficient (Wildman–Crippen LogP) is 2.96. The van der Waals surface area contributed by atoms with Crippen molar-refractivity contribution < 1.29 is 0 Å². The van der Waals surface area contributed by atoms with Crippen LogP contribution in [0.4, 0.5) is 0 Å². The number of fused-ring (bicyclic) bond motifs is 1. The predicted molar refractivity (Wildman–Crippen MR) is 83.5 cm³/mol. The molecule has 0 aliphatic carbocycles. The van der Waals surface area contributed by atoms with Crippen molar-refractivity contribution in [2.45, 2.75) is 32.4 Å². The first-order chi connectivity index (χ1) is 9.70. The number of pyridine rings is 1. The van der Waals surface area contributed by atoms with Gasteiger partial charge >= 0.3 is 0 Å². The van der Waals surface area contributed by atoms with Crippen LogP contribution in [0, 0.1) is 5.92 Å². The molecule has 0 saturated carbocycles. The molecule has 0 spiro atoms. The molecule has 3 heteroatoms. The van der Waals surface area contributed by atoms with E-state index >= 15 is 0 Å². The van der Waals surface area contributed by atoms with Crippen molar-refractivity contribution in [2.75, 3.05) is 13.1 Å². The van der Waals surface area contributed by atoms with Crippen molar-refractivity contribution in [2.24, 2.45) is 11.7 Å². The molecule has 2 N–H and O–H groups in total. The monoisotopic (exact) mass is 269 g/mol. The topological polar surface area (TPSA) is 42.1 Å². The van der Waals surface area contributed by atoms with Gasteiger partial charge in [-0.1, -0.05) is 31.2 Å². The van der Waals surface area contributed by atoms with E-state index in [-0.39, 0.29) is 6.04 Å². The Bertz CT molecular complexity index is 590. The van der Waals surface area contributed by atoms with E-state index in [9.17, 15) is 0 Å². The second-order valence-electron chi connectivity index (χ2n) is 6.06. The SMILES string of the molecule is CC1CC(C)N(C(CN)c2cccc3cccnc23)C1. The maximum atomic E-state index is 6.11. The van der Waals surface area contributed by atoms with Crippen molar-refractivity contribution in [3.63, 3.8) is 0 Å². The van der Waals surface area contributed by atoms with E-state index in [0.29, 0.717) is 12.6 Å². The third-order valence-corrected chi connectivity index (χ3v) is 4.48. The van der Waals surface area contributed by atoms with Gasteiger partial charge in [-0.05, 0) is 30.9 Å². The third kappa shape index (κ3) is 2.32. The summed E-state index contributed by atoms with van der Waals surface area (Å²) in [5, 5.41) is 1.20. The average molecular weight is 269 g/mol. The zero-order valence-electron chi connectivity index (χ0n) is 12.3. The smallest absolute Gasteiger partial charge is 0.0750 e. The lowest BCUT2D eigenvalue weighted by atomic mass is 10.0. The molecule has 1 aromatic heterocycles. The largest absolute Gasteiger partial charge is 0.329 e. The van der Waals surface area contributed by atoms with Gasteiger partial charge in [0.05, 0.1) is 5.52 Å². The van der Waals surface area contributed by atoms with Crippen LogP contribution < -0.4 is 5.73 Å². The van der Waals surface area contributed by atoms with E-state index in [1.807, 2.05) is 12.3 Å². The van der Waals surface area contributed by atoms with Crippen molar-refractivity contribution in [3.8, 4) is 0 Å². The molecular formula is C17H23N3. The van der Waals surface area contributed by atoms with Gasteiger partial charge in [-0.15, -0.1) is 0 Å². The lowest BCUT2D eigenvalue weighted by molar-refractivity contribution is 0.193. The minimum Gasteiger partial charge on any atom is -0.329 e. The summed E-state index contributed by atoms with van der Waals surface area (Å²) in [4.78, 5) is 7.13. The van der Waals surface area contributed by atoms with Gasteiger partial charge in [0.2, 0.25) is 0 Å². The highest BCUT2D eigenvalue weighted by molar-refractivity contribution is 5.82. The number of rotatable bonds is 3. The van der Waals surface area contributed by atoms with Crippen LogP contribution in [0.2, 0.25) is 0 Å². The quantitative estimate of drug-likeness (QED) is 0.931. The molecule has 1 aliphatic heterocycles.